The summed E-state index contributed by atoms with van der Waals surface area (Å²) in [6, 6.07) is 10.7. The van der Waals surface area contributed by atoms with Gasteiger partial charge in [0.05, 0.1) is 17.1 Å². The molecule has 1 amide bonds. The smallest absolute Gasteiger partial charge is 0.406 e. The topological polar surface area (TPSA) is 51.2 Å². The van der Waals surface area contributed by atoms with Crippen LogP contribution in [0, 0.1) is 12.7 Å². The zero-order valence-electron chi connectivity index (χ0n) is 14.5. The van der Waals surface area contributed by atoms with Crippen LogP contribution < -0.4 is 10.1 Å². The fourth-order valence-electron chi connectivity index (χ4n) is 2.51. The van der Waals surface area contributed by atoms with Crippen LogP contribution in [-0.4, -0.2) is 17.3 Å². The largest absolute Gasteiger partial charge is 0.573 e. The summed E-state index contributed by atoms with van der Waals surface area (Å²) in [5.41, 5.74) is 1.64. The highest BCUT2D eigenvalue weighted by molar-refractivity contribution is 7.12. The van der Waals surface area contributed by atoms with Crippen LogP contribution in [0.5, 0.6) is 5.75 Å². The number of carbonyl (C=O) groups excluding carboxylic acids is 1. The third kappa shape index (κ3) is 5.29. The quantitative estimate of drug-likeness (QED) is 0.578. The van der Waals surface area contributed by atoms with Crippen molar-refractivity contribution in [2.24, 2.45) is 0 Å². The molecule has 0 saturated heterocycles. The van der Waals surface area contributed by atoms with Gasteiger partial charge in [0.1, 0.15) is 11.6 Å². The molecule has 0 saturated carbocycles. The summed E-state index contributed by atoms with van der Waals surface area (Å²) in [5, 5.41) is 3.38. The lowest BCUT2D eigenvalue weighted by atomic mass is 10.1. The van der Waals surface area contributed by atoms with Crippen molar-refractivity contribution in [1.82, 2.24) is 4.98 Å². The van der Waals surface area contributed by atoms with Gasteiger partial charge >= 0.3 is 6.36 Å². The van der Waals surface area contributed by atoms with Gasteiger partial charge in [0.25, 0.3) is 0 Å². The highest BCUT2D eigenvalue weighted by Crippen LogP contribution is 2.29. The lowest BCUT2D eigenvalue weighted by Crippen LogP contribution is -2.17. The minimum Gasteiger partial charge on any atom is -0.406 e. The summed E-state index contributed by atoms with van der Waals surface area (Å²) in [6.07, 6.45) is -4.75. The van der Waals surface area contributed by atoms with Crippen LogP contribution in [0.3, 0.4) is 0 Å². The van der Waals surface area contributed by atoms with Crippen molar-refractivity contribution < 1.29 is 27.1 Å². The first kappa shape index (κ1) is 19.8. The van der Waals surface area contributed by atoms with E-state index >= 15 is 0 Å². The Balaban J connectivity index is 1.69. The van der Waals surface area contributed by atoms with Crippen molar-refractivity contribution in [2.45, 2.75) is 19.7 Å². The molecule has 2 aromatic carbocycles. The highest BCUT2D eigenvalue weighted by Gasteiger charge is 2.31. The number of hydrogen-bond acceptors (Lipinski definition) is 4. The number of alkyl halides is 3. The molecule has 0 spiro atoms. The van der Waals surface area contributed by atoms with Gasteiger partial charge in [-0.25, -0.2) is 9.37 Å². The zero-order chi connectivity index (χ0) is 20.3. The first-order chi connectivity index (χ1) is 13.2. The molecule has 0 aliphatic carbocycles. The maximum Gasteiger partial charge on any atom is 0.573 e. The highest BCUT2D eigenvalue weighted by atomic mass is 32.1. The summed E-state index contributed by atoms with van der Waals surface area (Å²) in [7, 11) is 0. The molecular weight excluding hydrogens is 396 g/mol. The number of hydrogen-bond donors (Lipinski definition) is 1. The second-order valence-electron chi connectivity index (χ2n) is 5.81. The van der Waals surface area contributed by atoms with Crippen LogP contribution in [0.1, 0.15) is 9.88 Å². The number of ether oxygens (including phenoxy) is 1. The molecule has 0 radical (unpaired) electrons. The number of thiazole rings is 1. The Labute approximate surface area is 161 Å². The first-order valence-corrected chi connectivity index (χ1v) is 8.89. The lowest BCUT2D eigenvalue weighted by Gasteiger charge is -2.10. The monoisotopic (exact) mass is 410 g/mol. The fraction of sp³-hybridized carbons (Fsp3) is 0.158. The van der Waals surface area contributed by atoms with Crippen molar-refractivity contribution in [3.8, 4) is 17.0 Å². The van der Waals surface area contributed by atoms with Crippen LogP contribution in [0.15, 0.2) is 48.5 Å². The van der Waals surface area contributed by atoms with E-state index in [1.807, 2.05) is 0 Å². The number of rotatable bonds is 5. The summed E-state index contributed by atoms with van der Waals surface area (Å²) >= 11 is 1.35. The lowest BCUT2D eigenvalue weighted by molar-refractivity contribution is -0.274. The minimum atomic E-state index is -4.77. The van der Waals surface area contributed by atoms with E-state index < -0.39 is 6.36 Å². The summed E-state index contributed by atoms with van der Waals surface area (Å²) < 4.78 is 53.4. The third-order valence-electron chi connectivity index (χ3n) is 3.61. The van der Waals surface area contributed by atoms with Crippen LogP contribution in [-0.2, 0) is 11.2 Å². The molecule has 0 aliphatic heterocycles. The maximum atomic E-state index is 13.1. The van der Waals surface area contributed by atoms with E-state index in [2.05, 4.69) is 15.0 Å². The van der Waals surface area contributed by atoms with E-state index in [-0.39, 0.29) is 23.9 Å². The molecule has 3 rings (SSSR count). The molecule has 9 heteroatoms. The van der Waals surface area contributed by atoms with Crippen molar-refractivity contribution in [3.05, 3.63) is 64.2 Å². The molecule has 1 N–H and O–H groups in total. The van der Waals surface area contributed by atoms with E-state index in [1.54, 1.807) is 19.1 Å². The van der Waals surface area contributed by atoms with Crippen molar-refractivity contribution >= 4 is 22.9 Å². The van der Waals surface area contributed by atoms with Gasteiger partial charge in [0, 0.05) is 16.1 Å². The molecule has 0 aliphatic rings. The predicted molar refractivity (Wildman–Crippen MR) is 97.7 cm³/mol. The average Bonchev–Trinajstić information content (AvgIpc) is 2.96. The first-order valence-electron chi connectivity index (χ1n) is 8.07. The minimum absolute atomic E-state index is 0.0268. The van der Waals surface area contributed by atoms with Gasteiger partial charge in [0.15, 0.2) is 0 Å². The fourth-order valence-corrected chi connectivity index (χ4v) is 3.47. The third-order valence-corrected chi connectivity index (χ3v) is 4.59. The SMILES string of the molecule is Cc1nc(-c2ccc(F)cc2)c(CC(=O)Nc2ccc(OC(F)(F)F)cc2)s1. The van der Waals surface area contributed by atoms with Gasteiger partial charge in [-0.15, -0.1) is 24.5 Å². The van der Waals surface area contributed by atoms with Crippen LogP contribution >= 0.6 is 11.3 Å². The van der Waals surface area contributed by atoms with Crippen molar-refractivity contribution in [2.75, 3.05) is 5.32 Å². The molecule has 0 fully saturated rings. The van der Waals surface area contributed by atoms with E-state index in [1.165, 1.54) is 35.6 Å². The Bertz CT molecular complexity index is 967. The zero-order valence-corrected chi connectivity index (χ0v) is 15.3. The Morgan fingerprint density at radius 1 is 1.11 bits per heavy atom. The van der Waals surface area contributed by atoms with E-state index in [9.17, 15) is 22.4 Å². The van der Waals surface area contributed by atoms with E-state index in [0.717, 1.165) is 17.1 Å². The van der Waals surface area contributed by atoms with Crippen molar-refractivity contribution in [1.29, 1.82) is 0 Å². The summed E-state index contributed by atoms with van der Waals surface area (Å²) in [5.74, 6) is -1.09. The molecule has 3 aromatic rings. The number of anilines is 1. The standard InChI is InChI=1S/C19H14F4N2O2S/c1-11-24-18(12-2-4-13(20)5-3-12)16(28-11)10-17(26)25-14-6-8-15(9-7-14)27-19(21,22)23/h2-9H,10H2,1H3,(H,25,26). The van der Waals surface area contributed by atoms with Gasteiger partial charge in [0.2, 0.25) is 5.91 Å². The molecule has 1 aromatic heterocycles. The molecule has 146 valence electrons. The molecular formula is C19H14F4N2O2S. The molecule has 0 bridgehead atoms. The molecule has 0 atom stereocenters. The second kappa shape index (κ2) is 7.97. The average molecular weight is 410 g/mol. The number of nitrogens with zero attached hydrogens (tertiary/aromatic N) is 1. The van der Waals surface area contributed by atoms with Gasteiger partial charge in [-0.1, -0.05) is 0 Å². The summed E-state index contributed by atoms with van der Waals surface area (Å²) in [6.45, 7) is 1.80. The molecule has 28 heavy (non-hydrogen) atoms. The Morgan fingerprint density at radius 3 is 2.36 bits per heavy atom. The molecule has 0 unspecified atom stereocenters. The van der Waals surface area contributed by atoms with E-state index in [4.69, 9.17) is 0 Å². The number of aromatic nitrogens is 1. The molecule has 1 heterocycles. The van der Waals surface area contributed by atoms with Gasteiger partial charge in [-0.2, -0.15) is 0 Å². The van der Waals surface area contributed by atoms with Gasteiger partial charge in [-0.3, -0.25) is 4.79 Å². The van der Waals surface area contributed by atoms with E-state index in [0.29, 0.717) is 21.8 Å². The number of amides is 1. The Morgan fingerprint density at radius 2 is 1.75 bits per heavy atom. The number of aryl methyl sites for hydroxylation is 1. The van der Waals surface area contributed by atoms with Gasteiger partial charge in [-0.05, 0) is 55.5 Å². The molecule has 4 nitrogen and oxygen atoms in total. The number of carbonyl (C=O) groups is 1. The van der Waals surface area contributed by atoms with Gasteiger partial charge < -0.3 is 10.1 Å². The van der Waals surface area contributed by atoms with Crippen molar-refractivity contribution in [3.63, 3.8) is 0 Å². The number of nitrogens with one attached hydrogen (secondary N) is 1. The Hall–Kier alpha value is -2.94. The van der Waals surface area contributed by atoms with Crippen LogP contribution in [0.4, 0.5) is 23.2 Å². The number of benzene rings is 2. The summed E-state index contributed by atoms with van der Waals surface area (Å²) in [4.78, 5) is 17.5. The number of halogens is 4. The predicted octanol–water partition coefficient (Wildman–Crippen LogP) is 5.34. The van der Waals surface area contributed by atoms with Crippen LogP contribution in [0.2, 0.25) is 0 Å². The second-order valence-corrected chi connectivity index (χ2v) is 7.10. The Kier molecular flexibility index (Phi) is 5.64. The normalized spacial score (nSPS) is 11.3. The maximum absolute atomic E-state index is 13.1. The van der Waals surface area contributed by atoms with Crippen LogP contribution in [0.25, 0.3) is 11.3 Å².